The molecule has 1 N–H and O–H groups in total. The van der Waals surface area contributed by atoms with E-state index in [0.717, 1.165) is 11.1 Å². The van der Waals surface area contributed by atoms with Gasteiger partial charge in [0, 0.05) is 27.0 Å². The van der Waals surface area contributed by atoms with E-state index < -0.39 is 14.8 Å². The molecule has 0 saturated carbocycles. The van der Waals surface area contributed by atoms with Crippen LogP contribution in [-0.2, 0) is 16.4 Å². The fourth-order valence-corrected chi connectivity index (χ4v) is 4.34. The largest absolute Gasteiger partial charge is 0.216 e. The van der Waals surface area contributed by atoms with E-state index in [9.17, 15) is 8.42 Å². The lowest BCUT2D eigenvalue weighted by atomic mass is 9.87. The van der Waals surface area contributed by atoms with Crippen molar-refractivity contribution in [3.63, 3.8) is 0 Å². The molecule has 0 saturated heterocycles. The molecule has 27 heavy (non-hydrogen) atoms. The summed E-state index contributed by atoms with van der Waals surface area (Å²) in [4.78, 5) is 0. The van der Waals surface area contributed by atoms with Gasteiger partial charge in [0.1, 0.15) is 0 Å². The summed E-state index contributed by atoms with van der Waals surface area (Å²) < 4.78 is 27.2. The monoisotopic (exact) mass is 447 g/mol. The zero-order valence-electron chi connectivity index (χ0n) is 15.8. The minimum absolute atomic E-state index is 0.127. The molecule has 2 unspecified atom stereocenters. The van der Waals surface area contributed by atoms with Crippen molar-refractivity contribution in [3.05, 3.63) is 68.7 Å². The molecule has 0 radical (unpaired) electrons. The van der Waals surface area contributed by atoms with E-state index in [1.54, 1.807) is 45.0 Å². The molecule has 148 valence electrons. The van der Waals surface area contributed by atoms with Gasteiger partial charge in [-0.05, 0) is 69.5 Å². The Kier molecular flexibility index (Phi) is 7.26. The lowest BCUT2D eigenvalue weighted by molar-refractivity contribution is 0.487. The van der Waals surface area contributed by atoms with Gasteiger partial charge in [0.25, 0.3) is 0 Å². The molecule has 7 heteroatoms. The smallest absolute Gasteiger partial charge is 0.212 e. The van der Waals surface area contributed by atoms with Crippen LogP contribution in [0.2, 0.25) is 15.1 Å². The van der Waals surface area contributed by atoms with Crippen LogP contribution >= 0.6 is 34.8 Å². The quantitative estimate of drug-likeness (QED) is 0.582. The number of rotatable bonds is 6. The van der Waals surface area contributed by atoms with E-state index in [1.807, 2.05) is 25.1 Å². The number of benzene rings is 2. The summed E-state index contributed by atoms with van der Waals surface area (Å²) in [5, 5.41) is 1.76. The molecule has 0 bridgehead atoms. The topological polar surface area (TPSA) is 46.2 Å². The summed E-state index contributed by atoms with van der Waals surface area (Å²) in [5.41, 5.74) is 1.89. The molecule has 0 aliphatic carbocycles. The van der Waals surface area contributed by atoms with E-state index >= 15 is 0 Å². The van der Waals surface area contributed by atoms with Gasteiger partial charge in [-0.1, -0.05) is 53.0 Å². The first-order chi connectivity index (χ1) is 12.4. The standard InChI is InChI=1S/C20H24Cl3NO2S/c1-13(24-27(25,26)20(2,3)4)18(14-5-8-16(21)9-6-14)11-15-7-10-17(22)12-19(15)23/h5-10,12-13,18,24H,11H2,1-4H3. The molecule has 0 aliphatic heterocycles. The van der Waals surface area contributed by atoms with E-state index in [4.69, 9.17) is 34.8 Å². The Bertz CT molecular complexity index is 890. The molecule has 0 heterocycles. The van der Waals surface area contributed by atoms with Crippen LogP contribution in [0.15, 0.2) is 42.5 Å². The Balaban J connectivity index is 2.39. The van der Waals surface area contributed by atoms with Gasteiger partial charge in [0.2, 0.25) is 10.0 Å². The highest BCUT2D eigenvalue weighted by Gasteiger charge is 2.33. The van der Waals surface area contributed by atoms with Crippen molar-refractivity contribution < 1.29 is 8.42 Å². The van der Waals surface area contributed by atoms with Crippen molar-refractivity contribution in [2.75, 3.05) is 0 Å². The van der Waals surface area contributed by atoms with Crippen LogP contribution in [-0.4, -0.2) is 19.2 Å². The summed E-state index contributed by atoms with van der Waals surface area (Å²) >= 11 is 18.4. The van der Waals surface area contributed by atoms with Crippen molar-refractivity contribution in [2.45, 2.75) is 50.8 Å². The fourth-order valence-electron chi connectivity index (χ4n) is 2.72. The number of sulfonamides is 1. The maximum Gasteiger partial charge on any atom is 0.216 e. The third-order valence-electron chi connectivity index (χ3n) is 4.50. The third-order valence-corrected chi connectivity index (χ3v) is 7.64. The molecule has 0 spiro atoms. The first-order valence-electron chi connectivity index (χ1n) is 8.62. The van der Waals surface area contributed by atoms with Crippen molar-refractivity contribution in [3.8, 4) is 0 Å². The van der Waals surface area contributed by atoms with Crippen LogP contribution in [0.5, 0.6) is 0 Å². The van der Waals surface area contributed by atoms with Gasteiger partial charge in [0.05, 0.1) is 4.75 Å². The van der Waals surface area contributed by atoms with Crippen LogP contribution in [0.25, 0.3) is 0 Å². The van der Waals surface area contributed by atoms with E-state index in [0.29, 0.717) is 21.5 Å². The third kappa shape index (κ3) is 5.85. The maximum absolute atomic E-state index is 12.6. The van der Waals surface area contributed by atoms with Crippen LogP contribution < -0.4 is 4.72 Å². The Hall–Kier alpha value is -0.780. The summed E-state index contributed by atoms with van der Waals surface area (Å²) in [6, 6.07) is 12.4. The zero-order valence-corrected chi connectivity index (χ0v) is 18.8. The van der Waals surface area contributed by atoms with Gasteiger partial charge in [0.15, 0.2) is 0 Å². The summed E-state index contributed by atoms with van der Waals surface area (Å²) in [6.07, 6.45) is 0.561. The van der Waals surface area contributed by atoms with Gasteiger partial charge in [-0.25, -0.2) is 13.1 Å². The molecule has 0 fully saturated rings. The second-order valence-electron chi connectivity index (χ2n) is 7.62. The van der Waals surface area contributed by atoms with Crippen LogP contribution in [0.4, 0.5) is 0 Å². The molecule has 0 aliphatic rings. The van der Waals surface area contributed by atoms with Gasteiger partial charge in [-0.15, -0.1) is 0 Å². The minimum Gasteiger partial charge on any atom is -0.212 e. The zero-order chi connectivity index (χ0) is 20.4. The van der Waals surface area contributed by atoms with Crippen molar-refractivity contribution in [2.24, 2.45) is 0 Å². The van der Waals surface area contributed by atoms with E-state index in [1.165, 1.54) is 0 Å². The molecule has 2 aromatic carbocycles. The molecule has 0 aromatic heterocycles. The van der Waals surface area contributed by atoms with Crippen molar-refractivity contribution in [1.29, 1.82) is 0 Å². The second-order valence-corrected chi connectivity index (χ2v) is 11.4. The predicted octanol–water partition coefficient (Wildman–Crippen LogP) is 6.08. The molecule has 2 atom stereocenters. The highest BCUT2D eigenvalue weighted by Crippen LogP contribution is 2.31. The molecular formula is C20H24Cl3NO2S. The lowest BCUT2D eigenvalue weighted by Crippen LogP contribution is -2.46. The van der Waals surface area contributed by atoms with Crippen molar-refractivity contribution in [1.82, 2.24) is 4.72 Å². The fraction of sp³-hybridized carbons (Fsp3) is 0.400. The maximum atomic E-state index is 12.6. The Morgan fingerprint density at radius 1 is 0.963 bits per heavy atom. The molecular weight excluding hydrogens is 425 g/mol. The van der Waals surface area contributed by atoms with Gasteiger partial charge < -0.3 is 0 Å². The highest BCUT2D eigenvalue weighted by atomic mass is 35.5. The molecule has 2 rings (SSSR count). The van der Waals surface area contributed by atoms with Gasteiger partial charge in [-0.2, -0.15) is 0 Å². The molecule has 2 aromatic rings. The Morgan fingerprint density at radius 3 is 2.04 bits per heavy atom. The summed E-state index contributed by atoms with van der Waals surface area (Å²) in [7, 11) is -3.50. The number of hydrogen-bond donors (Lipinski definition) is 1. The highest BCUT2D eigenvalue weighted by molar-refractivity contribution is 7.90. The number of nitrogens with one attached hydrogen (secondary N) is 1. The van der Waals surface area contributed by atoms with Crippen molar-refractivity contribution >= 4 is 44.8 Å². The predicted molar refractivity (Wildman–Crippen MR) is 116 cm³/mol. The number of halogens is 3. The normalized spacial score (nSPS) is 14.8. The van der Waals surface area contributed by atoms with Crippen LogP contribution in [0.1, 0.15) is 44.7 Å². The second kappa shape index (κ2) is 8.71. The lowest BCUT2D eigenvalue weighted by Gasteiger charge is -2.29. The number of hydrogen-bond acceptors (Lipinski definition) is 2. The Labute approximate surface area is 177 Å². The summed E-state index contributed by atoms with van der Waals surface area (Å²) in [5.74, 6) is -0.127. The minimum atomic E-state index is -3.50. The summed E-state index contributed by atoms with van der Waals surface area (Å²) in [6.45, 7) is 6.90. The van der Waals surface area contributed by atoms with Gasteiger partial charge >= 0.3 is 0 Å². The first kappa shape index (κ1) is 22.5. The average molecular weight is 449 g/mol. The van der Waals surface area contributed by atoms with Crippen LogP contribution in [0.3, 0.4) is 0 Å². The van der Waals surface area contributed by atoms with Crippen LogP contribution in [0, 0.1) is 0 Å². The van der Waals surface area contributed by atoms with Gasteiger partial charge in [-0.3, -0.25) is 0 Å². The Morgan fingerprint density at radius 2 is 1.52 bits per heavy atom. The van der Waals surface area contributed by atoms with E-state index in [-0.39, 0.29) is 12.0 Å². The SMILES string of the molecule is CC(NS(=O)(=O)C(C)(C)C)C(Cc1ccc(Cl)cc1Cl)c1ccc(Cl)cc1. The first-order valence-corrected chi connectivity index (χ1v) is 11.2. The molecule has 0 amide bonds. The molecule has 3 nitrogen and oxygen atoms in total. The van der Waals surface area contributed by atoms with E-state index in [2.05, 4.69) is 4.72 Å². The average Bonchev–Trinajstić information content (AvgIpc) is 2.53.